The highest BCUT2D eigenvalue weighted by Crippen LogP contribution is 2.19. The van der Waals surface area contributed by atoms with Gasteiger partial charge < -0.3 is 10.0 Å². The van der Waals surface area contributed by atoms with Crippen LogP contribution in [0.2, 0.25) is 10.0 Å². The van der Waals surface area contributed by atoms with E-state index in [1.165, 1.54) is 0 Å². The summed E-state index contributed by atoms with van der Waals surface area (Å²) in [5, 5.41) is 9.52. The quantitative estimate of drug-likeness (QED) is 0.821. The highest BCUT2D eigenvalue weighted by atomic mass is 35.5. The zero-order valence-electron chi connectivity index (χ0n) is 10.8. The number of carboxylic acid groups (broad SMARTS) is 1. The summed E-state index contributed by atoms with van der Waals surface area (Å²) in [6, 6.07) is 5.11. The van der Waals surface area contributed by atoms with Crippen LogP contribution in [0, 0.1) is 0 Å². The van der Waals surface area contributed by atoms with Crippen molar-refractivity contribution in [1.29, 1.82) is 0 Å². The summed E-state index contributed by atoms with van der Waals surface area (Å²) in [5.41, 5.74) is 0.862. The largest absolute Gasteiger partial charge is 0.480 e. The average molecular weight is 340 g/mol. The molecule has 5 nitrogen and oxygen atoms in total. The zero-order chi connectivity index (χ0) is 15.3. The highest BCUT2D eigenvalue weighted by Gasteiger charge is 2.16. The molecule has 1 aromatic rings. The Morgan fingerprint density at radius 1 is 1.25 bits per heavy atom. The first kappa shape index (κ1) is 17.2. The standard InChI is InChI=1S/C12H15Cl2NO4S/c1-15(2-3-20(18,19)8-12(16)17)7-9-4-10(13)6-11(14)5-9/h4-6H,2-3,7-8H2,1H3,(H,16,17). The predicted molar refractivity (Wildman–Crippen MR) is 79.1 cm³/mol. The van der Waals surface area contributed by atoms with E-state index < -0.39 is 21.6 Å². The molecule has 0 aliphatic rings. The van der Waals surface area contributed by atoms with Crippen LogP contribution < -0.4 is 0 Å². The summed E-state index contributed by atoms with van der Waals surface area (Å²) >= 11 is 11.8. The molecular formula is C12H15Cl2NO4S. The van der Waals surface area contributed by atoms with Crippen molar-refractivity contribution in [3.8, 4) is 0 Å². The van der Waals surface area contributed by atoms with E-state index in [1.54, 1.807) is 30.1 Å². The van der Waals surface area contributed by atoms with Crippen molar-refractivity contribution >= 4 is 39.0 Å². The van der Waals surface area contributed by atoms with Crippen LogP contribution in [-0.4, -0.2) is 49.5 Å². The fraction of sp³-hybridized carbons (Fsp3) is 0.417. The van der Waals surface area contributed by atoms with E-state index in [0.29, 0.717) is 16.6 Å². The Hall–Kier alpha value is -0.820. The van der Waals surface area contributed by atoms with E-state index in [0.717, 1.165) is 5.56 Å². The van der Waals surface area contributed by atoms with Gasteiger partial charge in [-0.3, -0.25) is 4.79 Å². The van der Waals surface area contributed by atoms with Gasteiger partial charge in [0.05, 0.1) is 5.75 Å². The number of rotatable bonds is 7. The molecule has 0 saturated heterocycles. The van der Waals surface area contributed by atoms with E-state index in [9.17, 15) is 13.2 Å². The van der Waals surface area contributed by atoms with Crippen molar-refractivity contribution in [3.05, 3.63) is 33.8 Å². The van der Waals surface area contributed by atoms with Crippen LogP contribution in [0.3, 0.4) is 0 Å². The molecule has 0 bridgehead atoms. The number of hydrogen-bond acceptors (Lipinski definition) is 4. The normalized spacial score (nSPS) is 11.8. The lowest BCUT2D eigenvalue weighted by molar-refractivity contribution is -0.134. The Balaban J connectivity index is 2.56. The number of benzene rings is 1. The van der Waals surface area contributed by atoms with E-state index in [2.05, 4.69) is 0 Å². The van der Waals surface area contributed by atoms with Gasteiger partial charge in [0.2, 0.25) is 0 Å². The van der Waals surface area contributed by atoms with Crippen LogP contribution >= 0.6 is 23.2 Å². The van der Waals surface area contributed by atoms with Gasteiger partial charge in [0.15, 0.2) is 9.84 Å². The van der Waals surface area contributed by atoms with Gasteiger partial charge in [0.25, 0.3) is 0 Å². The number of halogens is 2. The van der Waals surface area contributed by atoms with Crippen molar-refractivity contribution in [2.45, 2.75) is 6.54 Å². The molecule has 0 aliphatic carbocycles. The van der Waals surface area contributed by atoms with Crippen LogP contribution in [0.15, 0.2) is 18.2 Å². The molecule has 0 heterocycles. The first-order valence-electron chi connectivity index (χ1n) is 5.74. The van der Waals surface area contributed by atoms with Gasteiger partial charge in [0.1, 0.15) is 5.75 Å². The lowest BCUT2D eigenvalue weighted by Gasteiger charge is -2.16. The van der Waals surface area contributed by atoms with Crippen molar-refractivity contribution in [3.63, 3.8) is 0 Å². The summed E-state index contributed by atoms with van der Waals surface area (Å²) in [6.45, 7) is 0.711. The molecule has 0 amide bonds. The van der Waals surface area contributed by atoms with Crippen LogP contribution in [0.4, 0.5) is 0 Å². The number of sulfone groups is 1. The second-order valence-corrected chi connectivity index (χ2v) is 7.56. The van der Waals surface area contributed by atoms with Gasteiger partial charge in [-0.1, -0.05) is 23.2 Å². The minimum absolute atomic E-state index is 0.204. The second-order valence-electron chi connectivity index (χ2n) is 4.50. The monoisotopic (exact) mass is 339 g/mol. The maximum Gasteiger partial charge on any atom is 0.318 e. The first-order valence-corrected chi connectivity index (χ1v) is 8.31. The third-order valence-corrected chi connectivity index (χ3v) is 4.43. The first-order chi connectivity index (χ1) is 9.18. The van der Waals surface area contributed by atoms with Crippen LogP contribution in [0.1, 0.15) is 5.56 Å². The van der Waals surface area contributed by atoms with E-state index >= 15 is 0 Å². The highest BCUT2D eigenvalue weighted by molar-refractivity contribution is 7.92. The van der Waals surface area contributed by atoms with E-state index in [-0.39, 0.29) is 12.3 Å². The number of aliphatic carboxylic acids is 1. The van der Waals surface area contributed by atoms with Gasteiger partial charge >= 0.3 is 5.97 Å². The van der Waals surface area contributed by atoms with Crippen molar-refractivity contribution in [2.75, 3.05) is 25.1 Å². The number of carbonyl (C=O) groups is 1. The fourth-order valence-electron chi connectivity index (χ4n) is 1.65. The molecule has 1 N–H and O–H groups in total. The van der Waals surface area contributed by atoms with Gasteiger partial charge in [-0.25, -0.2) is 8.42 Å². The Morgan fingerprint density at radius 3 is 2.30 bits per heavy atom. The Kier molecular flexibility index (Phi) is 6.26. The SMILES string of the molecule is CN(CCS(=O)(=O)CC(=O)O)Cc1cc(Cl)cc(Cl)c1. The molecule has 0 aromatic heterocycles. The minimum atomic E-state index is -3.58. The maximum atomic E-state index is 11.5. The Labute approximate surface area is 128 Å². The molecule has 0 saturated carbocycles. The van der Waals surface area contributed by atoms with E-state index in [1.807, 2.05) is 0 Å². The summed E-state index contributed by atoms with van der Waals surface area (Å²) in [5.74, 6) is -2.39. The van der Waals surface area contributed by atoms with Crippen molar-refractivity contribution in [1.82, 2.24) is 4.90 Å². The molecule has 0 spiro atoms. The van der Waals surface area contributed by atoms with Crippen LogP contribution in [0.5, 0.6) is 0 Å². The maximum absolute atomic E-state index is 11.5. The van der Waals surface area contributed by atoms with Gasteiger partial charge in [-0.2, -0.15) is 0 Å². The van der Waals surface area contributed by atoms with Gasteiger partial charge in [0, 0.05) is 23.1 Å². The number of hydrogen-bond donors (Lipinski definition) is 1. The minimum Gasteiger partial charge on any atom is -0.480 e. The summed E-state index contributed by atoms with van der Waals surface area (Å²) in [6.07, 6.45) is 0. The molecule has 112 valence electrons. The second kappa shape index (κ2) is 7.26. The summed E-state index contributed by atoms with van der Waals surface area (Å²) in [7, 11) is -1.84. The summed E-state index contributed by atoms with van der Waals surface area (Å²) < 4.78 is 22.9. The predicted octanol–water partition coefficient (Wildman–Crippen LogP) is 1.92. The lowest BCUT2D eigenvalue weighted by atomic mass is 10.2. The van der Waals surface area contributed by atoms with Gasteiger partial charge in [-0.05, 0) is 30.8 Å². The molecule has 0 fully saturated rings. The van der Waals surface area contributed by atoms with Crippen molar-refractivity contribution < 1.29 is 18.3 Å². The molecule has 0 radical (unpaired) electrons. The molecule has 0 unspecified atom stereocenters. The van der Waals surface area contributed by atoms with E-state index in [4.69, 9.17) is 28.3 Å². The Morgan fingerprint density at radius 2 is 1.80 bits per heavy atom. The molecule has 20 heavy (non-hydrogen) atoms. The molecule has 0 atom stereocenters. The topological polar surface area (TPSA) is 74.7 Å². The third-order valence-electron chi connectivity index (χ3n) is 2.50. The molecule has 1 rings (SSSR count). The molecule has 0 aliphatic heterocycles. The summed E-state index contributed by atoms with van der Waals surface area (Å²) in [4.78, 5) is 12.2. The lowest BCUT2D eigenvalue weighted by Crippen LogP contribution is -2.28. The van der Waals surface area contributed by atoms with Crippen LogP contribution in [-0.2, 0) is 21.2 Å². The Bertz CT molecular complexity index is 569. The fourth-order valence-corrected chi connectivity index (χ4v) is 3.33. The third kappa shape index (κ3) is 6.56. The zero-order valence-corrected chi connectivity index (χ0v) is 13.2. The molecular weight excluding hydrogens is 325 g/mol. The molecule has 8 heteroatoms. The number of carboxylic acids is 1. The molecule has 1 aromatic carbocycles. The smallest absolute Gasteiger partial charge is 0.318 e. The van der Waals surface area contributed by atoms with Crippen molar-refractivity contribution in [2.24, 2.45) is 0 Å². The van der Waals surface area contributed by atoms with Crippen LogP contribution in [0.25, 0.3) is 0 Å². The number of nitrogens with zero attached hydrogens (tertiary/aromatic N) is 1. The van der Waals surface area contributed by atoms with Gasteiger partial charge in [-0.15, -0.1) is 0 Å². The average Bonchev–Trinajstić information content (AvgIpc) is 2.23.